The highest BCUT2D eigenvalue weighted by atomic mass is 35.5. The Hall–Kier alpha value is -3.10. The Morgan fingerprint density at radius 2 is 1.64 bits per heavy atom. The van der Waals surface area contributed by atoms with Gasteiger partial charge in [0.15, 0.2) is 11.6 Å². The van der Waals surface area contributed by atoms with Gasteiger partial charge in [-0.15, -0.1) is 12.4 Å². The van der Waals surface area contributed by atoms with E-state index in [1.165, 1.54) is 12.1 Å². The Kier molecular flexibility index (Phi) is 7.85. The number of hydrogen-bond donors (Lipinski definition) is 2. The molecule has 2 fully saturated rings. The number of piperidine rings is 1. The first-order chi connectivity index (χ1) is 16.9. The van der Waals surface area contributed by atoms with Crippen molar-refractivity contribution in [2.24, 2.45) is 5.92 Å². The second kappa shape index (κ2) is 10.9. The third-order valence-corrected chi connectivity index (χ3v) is 6.87. The van der Waals surface area contributed by atoms with Gasteiger partial charge in [0.2, 0.25) is 5.91 Å². The lowest BCUT2D eigenvalue weighted by Crippen LogP contribution is -2.55. The zero-order valence-electron chi connectivity index (χ0n) is 19.5. The molecule has 2 amide bonds. The highest BCUT2D eigenvalue weighted by molar-refractivity contribution is 5.95. The fraction of sp³-hybridized carbons (Fsp3) is 0.333. The van der Waals surface area contributed by atoms with Gasteiger partial charge in [-0.05, 0) is 61.0 Å². The second-order valence-corrected chi connectivity index (χ2v) is 9.26. The number of carbonyl (C=O) groups excluding carboxylic acids is 2. The van der Waals surface area contributed by atoms with E-state index in [9.17, 15) is 22.8 Å². The molecule has 2 atom stereocenters. The number of fused-ring (bicyclic) bond motifs is 1. The Labute approximate surface area is 213 Å². The zero-order chi connectivity index (χ0) is 24.5. The fourth-order valence-corrected chi connectivity index (χ4v) is 4.81. The predicted octanol–water partition coefficient (Wildman–Crippen LogP) is 4.58. The number of halogens is 4. The molecule has 0 aromatic heterocycles. The van der Waals surface area contributed by atoms with Crippen molar-refractivity contribution >= 4 is 35.0 Å². The molecule has 1 saturated heterocycles. The van der Waals surface area contributed by atoms with Crippen LogP contribution in [-0.2, 0) is 11.3 Å². The molecule has 5 nitrogen and oxygen atoms in total. The minimum Gasteiger partial charge on any atom is -0.348 e. The first kappa shape index (κ1) is 26.0. The Balaban J connectivity index is 0.00000304. The van der Waals surface area contributed by atoms with Gasteiger partial charge in [-0.2, -0.15) is 0 Å². The van der Waals surface area contributed by atoms with Gasteiger partial charge in [0, 0.05) is 36.1 Å². The molecule has 1 aliphatic heterocycles. The van der Waals surface area contributed by atoms with Gasteiger partial charge in [0.05, 0.1) is 5.92 Å². The Morgan fingerprint density at radius 3 is 2.36 bits per heavy atom. The van der Waals surface area contributed by atoms with Crippen LogP contribution < -0.4 is 10.6 Å². The summed E-state index contributed by atoms with van der Waals surface area (Å²) in [5.41, 5.74) is 0.874. The average Bonchev–Trinajstić information content (AvgIpc) is 3.71. The molecule has 3 aromatic rings. The molecule has 0 spiro atoms. The quantitative estimate of drug-likeness (QED) is 0.503. The zero-order valence-corrected chi connectivity index (χ0v) is 20.3. The summed E-state index contributed by atoms with van der Waals surface area (Å²) in [4.78, 5) is 28.4. The highest BCUT2D eigenvalue weighted by Gasteiger charge is 2.40. The number of nitrogens with zero attached hydrogens (tertiary/aromatic N) is 1. The van der Waals surface area contributed by atoms with Gasteiger partial charge < -0.3 is 15.5 Å². The lowest BCUT2D eigenvalue weighted by Gasteiger charge is -2.36. The molecule has 1 heterocycles. The largest absolute Gasteiger partial charge is 0.348 e. The molecule has 190 valence electrons. The molecule has 5 rings (SSSR count). The topological polar surface area (TPSA) is 61.4 Å². The van der Waals surface area contributed by atoms with Crippen LogP contribution in [-0.4, -0.2) is 41.9 Å². The first-order valence-electron chi connectivity index (χ1n) is 11.9. The lowest BCUT2D eigenvalue weighted by atomic mass is 9.91. The summed E-state index contributed by atoms with van der Waals surface area (Å²) in [6.45, 7) is 1.37. The maximum Gasteiger partial charge on any atom is 0.251 e. The standard InChI is InChI=1S/C27H26F3N3O2.ClH/c28-22-9-6-17(19-3-1-2-4-20(19)22)15-33(18-7-8-18)27(35)21-14-31-12-11-25(21)32-26(34)16-5-10-23(29)24(30)13-16;/h1-6,9-10,13,18,21,25,31H,7-8,11-12,14-15H2,(H,32,34);1H. The van der Waals surface area contributed by atoms with E-state index in [-0.39, 0.29) is 35.7 Å². The van der Waals surface area contributed by atoms with Gasteiger partial charge in [-0.25, -0.2) is 13.2 Å². The van der Waals surface area contributed by atoms with E-state index in [2.05, 4.69) is 10.6 Å². The maximum absolute atomic E-state index is 14.3. The molecule has 36 heavy (non-hydrogen) atoms. The number of carbonyl (C=O) groups is 2. The van der Waals surface area contributed by atoms with E-state index >= 15 is 0 Å². The minimum atomic E-state index is -1.10. The highest BCUT2D eigenvalue weighted by Crippen LogP contribution is 2.33. The molecular weight excluding hydrogens is 491 g/mol. The van der Waals surface area contributed by atoms with Crippen LogP contribution in [0.2, 0.25) is 0 Å². The summed E-state index contributed by atoms with van der Waals surface area (Å²) in [6, 6.07) is 13.0. The molecule has 0 bridgehead atoms. The van der Waals surface area contributed by atoms with Crippen LogP contribution in [0.3, 0.4) is 0 Å². The molecule has 3 aromatic carbocycles. The average molecular weight is 518 g/mol. The third kappa shape index (κ3) is 5.34. The molecule has 2 N–H and O–H groups in total. The Bertz CT molecular complexity index is 1280. The fourth-order valence-electron chi connectivity index (χ4n) is 4.81. The number of nitrogens with one attached hydrogen (secondary N) is 2. The third-order valence-electron chi connectivity index (χ3n) is 6.87. The lowest BCUT2D eigenvalue weighted by molar-refractivity contribution is -0.138. The van der Waals surface area contributed by atoms with Crippen LogP contribution in [0.25, 0.3) is 10.8 Å². The summed E-state index contributed by atoms with van der Waals surface area (Å²) in [5, 5.41) is 7.39. The van der Waals surface area contributed by atoms with Crippen LogP contribution in [0.5, 0.6) is 0 Å². The second-order valence-electron chi connectivity index (χ2n) is 9.26. The van der Waals surface area contributed by atoms with Crippen molar-refractivity contribution in [3.05, 3.63) is 83.2 Å². The van der Waals surface area contributed by atoms with Crippen molar-refractivity contribution < 1.29 is 22.8 Å². The van der Waals surface area contributed by atoms with Gasteiger partial charge >= 0.3 is 0 Å². The van der Waals surface area contributed by atoms with Gasteiger partial charge in [0.25, 0.3) is 5.91 Å². The molecule has 1 saturated carbocycles. The smallest absolute Gasteiger partial charge is 0.251 e. The molecule has 0 radical (unpaired) electrons. The van der Waals surface area contributed by atoms with Crippen LogP contribution in [0.15, 0.2) is 54.6 Å². The summed E-state index contributed by atoms with van der Waals surface area (Å²) < 4.78 is 41.2. The van der Waals surface area contributed by atoms with Crippen molar-refractivity contribution in [2.45, 2.75) is 37.9 Å². The van der Waals surface area contributed by atoms with Crippen molar-refractivity contribution in [1.29, 1.82) is 0 Å². The van der Waals surface area contributed by atoms with Crippen molar-refractivity contribution in [2.75, 3.05) is 13.1 Å². The molecular formula is C27H27ClF3N3O2. The van der Waals surface area contributed by atoms with E-state index in [1.807, 2.05) is 17.0 Å². The maximum atomic E-state index is 14.3. The van der Waals surface area contributed by atoms with Gasteiger partial charge in [-0.3, -0.25) is 9.59 Å². The monoisotopic (exact) mass is 517 g/mol. The molecule has 2 unspecified atom stereocenters. The van der Waals surface area contributed by atoms with Crippen LogP contribution in [0.4, 0.5) is 13.2 Å². The van der Waals surface area contributed by atoms with E-state index < -0.39 is 29.5 Å². The van der Waals surface area contributed by atoms with Crippen LogP contribution in [0, 0.1) is 23.4 Å². The SMILES string of the molecule is Cl.O=C(NC1CCNCC1C(=O)N(Cc1ccc(F)c2ccccc12)C1CC1)c1ccc(F)c(F)c1. The van der Waals surface area contributed by atoms with Crippen molar-refractivity contribution in [3.63, 3.8) is 0 Å². The number of hydrogen-bond acceptors (Lipinski definition) is 3. The van der Waals surface area contributed by atoms with E-state index in [0.717, 1.165) is 35.9 Å². The molecule has 2 aliphatic rings. The summed E-state index contributed by atoms with van der Waals surface area (Å²) in [5.74, 6) is -3.55. The summed E-state index contributed by atoms with van der Waals surface area (Å²) in [7, 11) is 0. The summed E-state index contributed by atoms with van der Waals surface area (Å²) >= 11 is 0. The minimum absolute atomic E-state index is 0. The number of rotatable bonds is 6. The van der Waals surface area contributed by atoms with Crippen LogP contribution >= 0.6 is 12.4 Å². The van der Waals surface area contributed by atoms with Gasteiger partial charge in [0.1, 0.15) is 5.82 Å². The predicted molar refractivity (Wildman–Crippen MR) is 133 cm³/mol. The normalized spacial score (nSPS) is 19.4. The Morgan fingerprint density at radius 1 is 0.917 bits per heavy atom. The molecule has 9 heteroatoms. The van der Waals surface area contributed by atoms with Crippen molar-refractivity contribution in [1.82, 2.24) is 15.5 Å². The first-order valence-corrected chi connectivity index (χ1v) is 11.9. The molecule has 1 aliphatic carbocycles. The van der Waals surface area contributed by atoms with Gasteiger partial charge in [-0.1, -0.05) is 30.3 Å². The van der Waals surface area contributed by atoms with Crippen LogP contribution in [0.1, 0.15) is 35.2 Å². The van der Waals surface area contributed by atoms with E-state index in [0.29, 0.717) is 31.4 Å². The van der Waals surface area contributed by atoms with E-state index in [4.69, 9.17) is 0 Å². The summed E-state index contributed by atoms with van der Waals surface area (Å²) in [6.07, 6.45) is 2.33. The number of benzene rings is 3. The number of amides is 2. The van der Waals surface area contributed by atoms with E-state index in [1.54, 1.807) is 18.2 Å². The van der Waals surface area contributed by atoms with Crippen molar-refractivity contribution in [3.8, 4) is 0 Å².